The Morgan fingerprint density at radius 1 is 1.44 bits per heavy atom. The van der Waals surface area contributed by atoms with Gasteiger partial charge in [0.05, 0.1) is 0 Å². The van der Waals surface area contributed by atoms with Gasteiger partial charge in [0.2, 0.25) is 5.13 Å². The molecule has 0 fully saturated rings. The first kappa shape index (κ1) is 11.6. The molecule has 0 bridgehead atoms. The van der Waals surface area contributed by atoms with Crippen LogP contribution in [0.4, 0.5) is 9.52 Å². The molecule has 2 N–H and O–H groups in total. The highest BCUT2D eigenvalue weighted by molar-refractivity contribution is 8.00. The van der Waals surface area contributed by atoms with Crippen molar-refractivity contribution in [2.24, 2.45) is 0 Å². The maximum absolute atomic E-state index is 13.3. The fraction of sp³-hybridized carbons (Fsp3) is 0.111. The van der Waals surface area contributed by atoms with E-state index in [1.165, 1.54) is 35.2 Å². The molecule has 2 aromatic rings. The largest absolute Gasteiger partial charge is 0.374 e. The number of thioether (sulfide) groups is 1. The van der Waals surface area contributed by atoms with Gasteiger partial charge in [0.15, 0.2) is 4.34 Å². The summed E-state index contributed by atoms with van der Waals surface area (Å²) in [6.07, 6.45) is 0. The van der Waals surface area contributed by atoms with Crippen LogP contribution in [0.3, 0.4) is 0 Å². The van der Waals surface area contributed by atoms with E-state index in [9.17, 15) is 4.39 Å². The topological polar surface area (TPSA) is 51.8 Å². The van der Waals surface area contributed by atoms with Crippen LogP contribution in [-0.2, 0) is 5.75 Å². The number of aromatic nitrogens is 2. The van der Waals surface area contributed by atoms with E-state index in [0.717, 1.165) is 4.34 Å². The Morgan fingerprint density at radius 3 is 2.94 bits per heavy atom. The van der Waals surface area contributed by atoms with Crippen LogP contribution in [0.2, 0.25) is 5.02 Å². The van der Waals surface area contributed by atoms with Gasteiger partial charge in [-0.15, -0.1) is 10.2 Å². The molecule has 0 amide bonds. The Kier molecular flexibility index (Phi) is 3.63. The Hall–Kier alpha value is -0.850. The molecule has 1 aromatic carbocycles. The predicted octanol–water partition coefficient (Wildman–Crippen LogP) is 3.21. The minimum absolute atomic E-state index is 0.269. The highest BCUT2D eigenvalue weighted by Crippen LogP contribution is 2.28. The van der Waals surface area contributed by atoms with Crippen LogP contribution in [0.25, 0.3) is 0 Å². The van der Waals surface area contributed by atoms with Crippen LogP contribution in [0.1, 0.15) is 5.56 Å². The van der Waals surface area contributed by atoms with Crippen molar-refractivity contribution >= 4 is 39.8 Å². The summed E-state index contributed by atoms with van der Waals surface area (Å²) in [6, 6.07) is 4.48. The molecule has 2 rings (SSSR count). The van der Waals surface area contributed by atoms with Crippen molar-refractivity contribution < 1.29 is 4.39 Å². The van der Waals surface area contributed by atoms with Crippen molar-refractivity contribution in [1.82, 2.24) is 10.2 Å². The highest BCUT2D eigenvalue weighted by Gasteiger charge is 2.06. The van der Waals surface area contributed by atoms with Crippen LogP contribution in [0.5, 0.6) is 0 Å². The summed E-state index contributed by atoms with van der Waals surface area (Å²) in [5.41, 5.74) is 5.99. The second-order valence-corrected chi connectivity index (χ2v) is 5.60. The monoisotopic (exact) mass is 275 g/mol. The summed E-state index contributed by atoms with van der Waals surface area (Å²) in [5, 5.41) is 8.44. The van der Waals surface area contributed by atoms with E-state index < -0.39 is 0 Å². The molecule has 0 saturated heterocycles. The molecule has 0 atom stereocenters. The van der Waals surface area contributed by atoms with Crippen LogP contribution in [-0.4, -0.2) is 10.2 Å². The zero-order valence-corrected chi connectivity index (χ0v) is 10.4. The maximum atomic E-state index is 13.3. The number of nitrogens with zero attached hydrogens (tertiary/aromatic N) is 2. The van der Waals surface area contributed by atoms with E-state index in [0.29, 0.717) is 21.5 Å². The lowest BCUT2D eigenvalue weighted by Gasteiger charge is -2.01. The zero-order valence-electron chi connectivity index (χ0n) is 7.98. The van der Waals surface area contributed by atoms with E-state index in [2.05, 4.69) is 10.2 Å². The molecule has 1 heterocycles. The van der Waals surface area contributed by atoms with Crippen molar-refractivity contribution in [3.63, 3.8) is 0 Å². The molecule has 0 aliphatic rings. The fourth-order valence-corrected chi connectivity index (χ4v) is 2.88. The smallest absolute Gasteiger partial charge is 0.203 e. The van der Waals surface area contributed by atoms with Crippen molar-refractivity contribution in [2.45, 2.75) is 10.1 Å². The lowest BCUT2D eigenvalue weighted by Crippen LogP contribution is -1.87. The molecule has 0 spiro atoms. The molecule has 0 unspecified atom stereocenters. The molecule has 0 saturated carbocycles. The molecule has 0 aliphatic heterocycles. The average molecular weight is 276 g/mol. The number of rotatable bonds is 3. The first-order valence-corrected chi connectivity index (χ1v) is 6.49. The number of hydrogen-bond donors (Lipinski definition) is 1. The highest BCUT2D eigenvalue weighted by atomic mass is 35.5. The number of nitrogen functional groups attached to an aromatic ring is 1. The number of anilines is 1. The van der Waals surface area contributed by atoms with Crippen LogP contribution < -0.4 is 5.73 Å². The Morgan fingerprint density at radius 2 is 2.25 bits per heavy atom. The molecule has 1 aromatic heterocycles. The normalized spacial score (nSPS) is 10.6. The molecule has 7 heteroatoms. The van der Waals surface area contributed by atoms with Crippen LogP contribution in [0.15, 0.2) is 22.5 Å². The summed E-state index contributed by atoms with van der Waals surface area (Å²) in [7, 11) is 0. The summed E-state index contributed by atoms with van der Waals surface area (Å²) in [6.45, 7) is 0. The van der Waals surface area contributed by atoms with Crippen LogP contribution in [0, 0.1) is 5.82 Å². The van der Waals surface area contributed by atoms with Gasteiger partial charge in [-0.25, -0.2) is 4.39 Å². The summed E-state index contributed by atoms with van der Waals surface area (Å²) < 4.78 is 14.1. The molecule has 84 valence electrons. The Labute approximate surface area is 105 Å². The predicted molar refractivity (Wildman–Crippen MR) is 65.3 cm³/mol. The van der Waals surface area contributed by atoms with Crippen LogP contribution >= 0.6 is 34.7 Å². The van der Waals surface area contributed by atoms with Crippen molar-refractivity contribution in [1.29, 1.82) is 0 Å². The molecular formula is C9H7ClFN3S2. The van der Waals surface area contributed by atoms with Gasteiger partial charge >= 0.3 is 0 Å². The van der Waals surface area contributed by atoms with E-state index >= 15 is 0 Å². The van der Waals surface area contributed by atoms with E-state index in [1.54, 1.807) is 6.07 Å². The van der Waals surface area contributed by atoms with E-state index in [-0.39, 0.29) is 5.82 Å². The lowest BCUT2D eigenvalue weighted by molar-refractivity contribution is 0.617. The third-order valence-electron chi connectivity index (χ3n) is 1.78. The van der Waals surface area contributed by atoms with Crippen molar-refractivity contribution in [2.75, 3.05) is 5.73 Å². The van der Waals surface area contributed by atoms with Gasteiger partial charge in [0.1, 0.15) is 5.82 Å². The van der Waals surface area contributed by atoms with E-state index in [1.807, 2.05) is 0 Å². The van der Waals surface area contributed by atoms with Gasteiger partial charge < -0.3 is 5.73 Å². The fourth-order valence-electron chi connectivity index (χ4n) is 1.07. The number of hydrogen-bond acceptors (Lipinski definition) is 5. The zero-order chi connectivity index (χ0) is 11.5. The average Bonchev–Trinajstić information content (AvgIpc) is 2.66. The molecule has 0 radical (unpaired) electrons. The second-order valence-electron chi connectivity index (χ2n) is 2.93. The van der Waals surface area contributed by atoms with Gasteiger partial charge in [-0.2, -0.15) is 0 Å². The first-order chi connectivity index (χ1) is 7.65. The van der Waals surface area contributed by atoms with Gasteiger partial charge in [-0.3, -0.25) is 0 Å². The minimum atomic E-state index is -0.269. The Balaban J connectivity index is 2.07. The molecular weight excluding hydrogens is 269 g/mol. The van der Waals surface area contributed by atoms with Gasteiger partial charge in [0.25, 0.3) is 0 Å². The lowest BCUT2D eigenvalue weighted by atomic mass is 10.2. The van der Waals surface area contributed by atoms with Gasteiger partial charge in [0, 0.05) is 10.8 Å². The summed E-state index contributed by atoms with van der Waals surface area (Å²) in [5.74, 6) is 0.190. The van der Waals surface area contributed by atoms with Crippen molar-refractivity contribution in [3.05, 3.63) is 34.6 Å². The summed E-state index contributed by atoms with van der Waals surface area (Å²) >= 11 is 8.45. The summed E-state index contributed by atoms with van der Waals surface area (Å²) in [4.78, 5) is 0. The molecule has 0 aliphatic carbocycles. The van der Waals surface area contributed by atoms with E-state index in [4.69, 9.17) is 17.3 Å². The molecule has 3 nitrogen and oxygen atoms in total. The van der Waals surface area contributed by atoms with Gasteiger partial charge in [-0.05, 0) is 23.8 Å². The quantitative estimate of drug-likeness (QED) is 0.874. The SMILES string of the molecule is Nc1nnc(SCc2cc(Cl)ccc2F)s1. The number of halogens is 2. The number of benzene rings is 1. The second kappa shape index (κ2) is 4.99. The first-order valence-electron chi connectivity index (χ1n) is 4.31. The third-order valence-corrected chi connectivity index (χ3v) is 3.95. The van der Waals surface area contributed by atoms with Gasteiger partial charge in [-0.1, -0.05) is 34.7 Å². The molecule has 16 heavy (non-hydrogen) atoms. The van der Waals surface area contributed by atoms with Crippen molar-refractivity contribution in [3.8, 4) is 0 Å². The Bertz CT molecular complexity index is 503. The third kappa shape index (κ3) is 2.84. The minimum Gasteiger partial charge on any atom is -0.374 e. The number of nitrogens with two attached hydrogens (primary N) is 1. The maximum Gasteiger partial charge on any atom is 0.203 e. The standard InChI is InChI=1S/C9H7ClFN3S2/c10-6-1-2-7(11)5(3-6)4-15-9-14-13-8(12)16-9/h1-3H,4H2,(H2,12,13).